The molecule has 0 radical (unpaired) electrons. The Bertz CT molecular complexity index is 239. The maximum absolute atomic E-state index is 5.68. The van der Waals surface area contributed by atoms with Crippen molar-refractivity contribution >= 4 is 0 Å². The summed E-state index contributed by atoms with van der Waals surface area (Å²) in [5.74, 6) is 0. The lowest BCUT2D eigenvalue weighted by Crippen LogP contribution is -2.51. The van der Waals surface area contributed by atoms with E-state index in [1.165, 1.54) is 64.6 Å². The van der Waals surface area contributed by atoms with Crippen molar-refractivity contribution in [3.05, 3.63) is 0 Å². The Labute approximate surface area is 112 Å². The molecule has 0 saturated carbocycles. The molecule has 1 N–H and O–H groups in total. The normalized spacial score (nSPS) is 36.0. The molecule has 0 aromatic carbocycles. The Hall–Kier alpha value is -0.120. The third-order valence-electron chi connectivity index (χ3n) is 4.62. The fourth-order valence-corrected chi connectivity index (χ4v) is 3.38. The van der Waals surface area contributed by atoms with Crippen LogP contribution < -0.4 is 5.32 Å². The lowest BCUT2D eigenvalue weighted by molar-refractivity contribution is -0.0525. The zero-order valence-electron chi connectivity index (χ0n) is 12.2. The van der Waals surface area contributed by atoms with E-state index < -0.39 is 0 Å². The minimum absolute atomic E-state index is 0.0832. The van der Waals surface area contributed by atoms with Crippen molar-refractivity contribution in [1.82, 2.24) is 10.2 Å². The second-order valence-electron chi connectivity index (χ2n) is 6.35. The summed E-state index contributed by atoms with van der Waals surface area (Å²) in [7, 11) is 1.86. The molecule has 0 aromatic heterocycles. The van der Waals surface area contributed by atoms with Gasteiger partial charge in [-0.1, -0.05) is 19.3 Å². The number of hydrogen-bond donors (Lipinski definition) is 1. The fourth-order valence-electron chi connectivity index (χ4n) is 3.38. The minimum Gasteiger partial charge on any atom is -0.377 e. The molecule has 2 heterocycles. The van der Waals surface area contributed by atoms with Gasteiger partial charge < -0.3 is 10.1 Å². The van der Waals surface area contributed by atoms with Crippen LogP contribution in [0.3, 0.4) is 0 Å². The average molecular weight is 254 g/mol. The smallest absolute Gasteiger partial charge is 0.0777 e. The predicted molar refractivity (Wildman–Crippen MR) is 76.0 cm³/mol. The number of rotatable bonds is 3. The molecule has 2 atom stereocenters. The first-order valence-corrected chi connectivity index (χ1v) is 7.73. The molecule has 106 valence electrons. The summed E-state index contributed by atoms with van der Waals surface area (Å²) in [4.78, 5) is 2.60. The maximum atomic E-state index is 5.68. The van der Waals surface area contributed by atoms with Gasteiger partial charge in [-0.25, -0.2) is 0 Å². The monoisotopic (exact) mass is 254 g/mol. The number of ether oxygens (including phenoxy) is 1. The molecule has 2 rings (SSSR count). The third-order valence-corrected chi connectivity index (χ3v) is 4.62. The second-order valence-corrected chi connectivity index (χ2v) is 6.35. The molecule has 0 amide bonds. The maximum Gasteiger partial charge on any atom is 0.0777 e. The molecule has 18 heavy (non-hydrogen) atoms. The standard InChI is InChI=1S/C15H30N2O/c1-15(18-2)9-7-11-17(13-15)12-14-8-5-3-4-6-10-16-14/h14,16H,3-13H2,1-2H3. The van der Waals surface area contributed by atoms with Crippen molar-refractivity contribution in [2.45, 2.75) is 63.5 Å². The quantitative estimate of drug-likeness (QED) is 0.837. The Morgan fingerprint density at radius 2 is 2.06 bits per heavy atom. The molecule has 2 unspecified atom stereocenters. The molecule has 3 heteroatoms. The Balaban J connectivity index is 1.80. The van der Waals surface area contributed by atoms with Crippen LogP contribution in [0.2, 0.25) is 0 Å². The highest BCUT2D eigenvalue weighted by Crippen LogP contribution is 2.24. The number of piperidine rings is 1. The van der Waals surface area contributed by atoms with E-state index >= 15 is 0 Å². The van der Waals surface area contributed by atoms with Crippen molar-refractivity contribution in [3.8, 4) is 0 Å². The number of methoxy groups -OCH3 is 1. The van der Waals surface area contributed by atoms with E-state index in [-0.39, 0.29) is 5.60 Å². The summed E-state index contributed by atoms with van der Waals surface area (Å²) in [6, 6.07) is 0.699. The average Bonchev–Trinajstić information content (AvgIpc) is 2.33. The van der Waals surface area contributed by atoms with Crippen LogP contribution in [0.4, 0.5) is 0 Å². The minimum atomic E-state index is 0.0832. The van der Waals surface area contributed by atoms with Crippen LogP contribution in [-0.4, -0.2) is 49.8 Å². The highest BCUT2D eigenvalue weighted by atomic mass is 16.5. The summed E-state index contributed by atoms with van der Waals surface area (Å²) in [5.41, 5.74) is 0.0832. The summed E-state index contributed by atoms with van der Waals surface area (Å²) in [6.45, 7) is 7.02. The topological polar surface area (TPSA) is 24.5 Å². The number of likely N-dealkylation sites (tertiary alicyclic amines) is 1. The van der Waals surface area contributed by atoms with Crippen molar-refractivity contribution in [1.29, 1.82) is 0 Å². The largest absolute Gasteiger partial charge is 0.377 e. The summed E-state index contributed by atoms with van der Waals surface area (Å²) < 4.78 is 5.68. The van der Waals surface area contributed by atoms with Crippen molar-refractivity contribution < 1.29 is 4.74 Å². The van der Waals surface area contributed by atoms with E-state index in [9.17, 15) is 0 Å². The SMILES string of the molecule is COC1(C)CCCN(CC2CCCCCCN2)C1. The lowest BCUT2D eigenvalue weighted by atomic mass is 9.94. The number of hydrogen-bond acceptors (Lipinski definition) is 3. The first kappa shape index (κ1) is 14.3. The van der Waals surface area contributed by atoms with E-state index in [4.69, 9.17) is 4.74 Å². The van der Waals surface area contributed by atoms with E-state index in [1.54, 1.807) is 0 Å². The molecular weight excluding hydrogens is 224 g/mol. The van der Waals surface area contributed by atoms with Gasteiger partial charge in [-0.3, -0.25) is 4.90 Å². The van der Waals surface area contributed by atoms with Gasteiger partial charge in [-0.15, -0.1) is 0 Å². The first-order chi connectivity index (χ1) is 8.72. The van der Waals surface area contributed by atoms with Crippen LogP contribution >= 0.6 is 0 Å². The number of nitrogens with zero attached hydrogens (tertiary/aromatic N) is 1. The highest BCUT2D eigenvalue weighted by molar-refractivity contribution is 4.86. The van der Waals surface area contributed by atoms with Gasteiger partial charge in [0.1, 0.15) is 0 Å². The van der Waals surface area contributed by atoms with E-state index in [0.29, 0.717) is 6.04 Å². The van der Waals surface area contributed by atoms with Crippen LogP contribution in [0, 0.1) is 0 Å². The molecule has 2 fully saturated rings. The van der Waals surface area contributed by atoms with Gasteiger partial charge in [0.2, 0.25) is 0 Å². The fraction of sp³-hybridized carbons (Fsp3) is 1.00. The van der Waals surface area contributed by atoms with Gasteiger partial charge >= 0.3 is 0 Å². The van der Waals surface area contributed by atoms with E-state index in [2.05, 4.69) is 17.1 Å². The Morgan fingerprint density at radius 3 is 2.89 bits per heavy atom. The second kappa shape index (κ2) is 6.88. The molecule has 0 aromatic rings. The third kappa shape index (κ3) is 4.22. The van der Waals surface area contributed by atoms with Crippen LogP contribution in [0.5, 0.6) is 0 Å². The van der Waals surface area contributed by atoms with Crippen molar-refractivity contribution in [2.24, 2.45) is 0 Å². The summed E-state index contributed by atoms with van der Waals surface area (Å²) in [5, 5.41) is 3.73. The first-order valence-electron chi connectivity index (χ1n) is 7.73. The summed E-state index contributed by atoms with van der Waals surface area (Å²) >= 11 is 0. The van der Waals surface area contributed by atoms with Crippen molar-refractivity contribution in [3.63, 3.8) is 0 Å². The van der Waals surface area contributed by atoms with Gasteiger partial charge in [0.05, 0.1) is 5.60 Å². The van der Waals surface area contributed by atoms with E-state index in [1.807, 2.05) is 7.11 Å². The van der Waals surface area contributed by atoms with Crippen LogP contribution in [0.1, 0.15) is 51.9 Å². The molecule has 0 aliphatic carbocycles. The van der Waals surface area contributed by atoms with Crippen LogP contribution in [-0.2, 0) is 4.74 Å². The summed E-state index contributed by atoms with van der Waals surface area (Å²) in [6.07, 6.45) is 9.41. The molecule has 0 bridgehead atoms. The zero-order valence-corrected chi connectivity index (χ0v) is 12.2. The molecule has 2 saturated heterocycles. The van der Waals surface area contributed by atoms with Gasteiger partial charge in [0.15, 0.2) is 0 Å². The zero-order chi connectivity index (χ0) is 12.8. The molecule has 2 aliphatic rings. The van der Waals surface area contributed by atoms with Gasteiger partial charge in [-0.05, 0) is 45.7 Å². The predicted octanol–water partition coefficient (Wildman–Crippen LogP) is 2.41. The molecular formula is C15H30N2O. The molecule has 2 aliphatic heterocycles. The van der Waals surface area contributed by atoms with Crippen LogP contribution in [0.15, 0.2) is 0 Å². The Kier molecular flexibility index (Phi) is 5.46. The van der Waals surface area contributed by atoms with E-state index in [0.717, 1.165) is 6.54 Å². The van der Waals surface area contributed by atoms with Crippen LogP contribution in [0.25, 0.3) is 0 Å². The molecule has 0 spiro atoms. The van der Waals surface area contributed by atoms with Gasteiger partial charge in [0.25, 0.3) is 0 Å². The van der Waals surface area contributed by atoms with Gasteiger partial charge in [-0.2, -0.15) is 0 Å². The highest BCUT2D eigenvalue weighted by Gasteiger charge is 2.31. The number of nitrogens with one attached hydrogen (secondary N) is 1. The van der Waals surface area contributed by atoms with Crippen molar-refractivity contribution in [2.75, 3.05) is 33.3 Å². The van der Waals surface area contributed by atoms with Gasteiger partial charge in [0, 0.05) is 26.2 Å². The Morgan fingerprint density at radius 1 is 1.22 bits per heavy atom. The lowest BCUT2D eigenvalue weighted by Gasteiger charge is -2.41. The molecule has 3 nitrogen and oxygen atoms in total.